The van der Waals surface area contributed by atoms with Crippen LogP contribution in [0.25, 0.3) is 0 Å². The van der Waals surface area contributed by atoms with Gasteiger partial charge in [0.1, 0.15) is 6.10 Å². The Balaban J connectivity index is 0.000000818. The van der Waals surface area contributed by atoms with E-state index in [9.17, 15) is 9.59 Å². The van der Waals surface area contributed by atoms with E-state index in [-0.39, 0.29) is 18.0 Å². The van der Waals surface area contributed by atoms with Crippen LogP contribution in [0.2, 0.25) is 0 Å². The summed E-state index contributed by atoms with van der Waals surface area (Å²) in [6.07, 6.45) is 31.1. The highest BCUT2D eigenvalue weighted by Crippen LogP contribution is 2.20. The first-order valence-electron chi connectivity index (χ1n) is 13.9. The standard InChI is InChI=1S/C21H38O2.C9H14O2/c1-3-5-6-7-8-9-10-11-12-13-14-15-16-17-18-19-20-23-21(22)4-2;1-2-9(10)11-8-6-4-3-5-7-8/h4,11-12H,2-3,5-10,13-20H2,1H3;2,8H,1,3-7H2/b12-11-;. The van der Waals surface area contributed by atoms with E-state index in [1.54, 1.807) is 0 Å². The predicted molar refractivity (Wildman–Crippen MR) is 144 cm³/mol. The maximum atomic E-state index is 10.8. The van der Waals surface area contributed by atoms with Gasteiger partial charge in [0.05, 0.1) is 6.61 Å². The topological polar surface area (TPSA) is 52.6 Å². The molecule has 1 rings (SSSR count). The van der Waals surface area contributed by atoms with Crippen LogP contribution >= 0.6 is 0 Å². The highest BCUT2D eigenvalue weighted by atomic mass is 16.5. The van der Waals surface area contributed by atoms with Crippen molar-refractivity contribution in [1.82, 2.24) is 0 Å². The Hall–Kier alpha value is -1.84. The minimum atomic E-state index is -0.308. The van der Waals surface area contributed by atoms with Crippen molar-refractivity contribution < 1.29 is 19.1 Å². The van der Waals surface area contributed by atoms with E-state index < -0.39 is 0 Å². The summed E-state index contributed by atoms with van der Waals surface area (Å²) < 4.78 is 10.0. The lowest BCUT2D eigenvalue weighted by Gasteiger charge is -2.20. The molecule has 0 saturated heterocycles. The molecule has 0 spiro atoms. The van der Waals surface area contributed by atoms with Crippen molar-refractivity contribution in [3.05, 3.63) is 37.5 Å². The summed E-state index contributed by atoms with van der Waals surface area (Å²) in [4.78, 5) is 21.6. The number of ether oxygens (including phenoxy) is 2. The van der Waals surface area contributed by atoms with Gasteiger partial charge in [-0.1, -0.05) is 96.4 Å². The fourth-order valence-electron chi connectivity index (χ4n) is 3.98. The smallest absolute Gasteiger partial charge is 0.330 e. The number of hydrogen-bond donors (Lipinski definition) is 0. The lowest BCUT2D eigenvalue weighted by atomic mass is 9.98. The van der Waals surface area contributed by atoms with Crippen LogP contribution in [-0.4, -0.2) is 24.6 Å². The molecular weight excluding hydrogens is 424 g/mol. The van der Waals surface area contributed by atoms with Gasteiger partial charge in [0.2, 0.25) is 0 Å². The Labute approximate surface area is 210 Å². The molecule has 34 heavy (non-hydrogen) atoms. The average molecular weight is 477 g/mol. The van der Waals surface area contributed by atoms with Crippen molar-refractivity contribution in [2.75, 3.05) is 6.61 Å². The molecule has 4 nitrogen and oxygen atoms in total. The highest BCUT2D eigenvalue weighted by Gasteiger charge is 2.15. The number of esters is 2. The summed E-state index contributed by atoms with van der Waals surface area (Å²) in [6, 6.07) is 0. The SMILES string of the molecule is C=CC(=O)OC1CCCCC1.C=CC(=O)OCCCCCCCC/C=C\CCCCCCCC. The fraction of sp³-hybridized carbons (Fsp3) is 0.733. The number of carbonyl (C=O) groups excluding carboxylic acids is 2. The van der Waals surface area contributed by atoms with Crippen LogP contribution < -0.4 is 0 Å². The zero-order chi connectivity index (χ0) is 25.1. The van der Waals surface area contributed by atoms with Gasteiger partial charge in [0.15, 0.2) is 0 Å². The van der Waals surface area contributed by atoms with Crippen molar-refractivity contribution in [3.8, 4) is 0 Å². The molecule has 1 fully saturated rings. The third-order valence-corrected chi connectivity index (χ3v) is 6.07. The van der Waals surface area contributed by atoms with E-state index >= 15 is 0 Å². The molecule has 196 valence electrons. The zero-order valence-corrected chi connectivity index (χ0v) is 22.1. The van der Waals surface area contributed by atoms with Crippen molar-refractivity contribution in [1.29, 1.82) is 0 Å². The van der Waals surface area contributed by atoms with Gasteiger partial charge in [-0.05, 0) is 57.8 Å². The average Bonchev–Trinajstić information content (AvgIpc) is 2.86. The van der Waals surface area contributed by atoms with Gasteiger partial charge in [-0.25, -0.2) is 9.59 Å². The number of unbranched alkanes of at least 4 members (excludes halogenated alkanes) is 12. The van der Waals surface area contributed by atoms with Crippen molar-refractivity contribution >= 4 is 11.9 Å². The van der Waals surface area contributed by atoms with Crippen LogP contribution in [0.3, 0.4) is 0 Å². The normalized spacial score (nSPS) is 13.7. The Kier molecular flexibility index (Phi) is 24.4. The maximum Gasteiger partial charge on any atom is 0.330 e. The fourth-order valence-corrected chi connectivity index (χ4v) is 3.98. The molecule has 0 heterocycles. The summed E-state index contributed by atoms with van der Waals surface area (Å²) in [5.41, 5.74) is 0. The van der Waals surface area contributed by atoms with E-state index in [2.05, 4.69) is 32.2 Å². The molecule has 1 saturated carbocycles. The van der Waals surface area contributed by atoms with Gasteiger partial charge < -0.3 is 9.47 Å². The quantitative estimate of drug-likeness (QED) is 0.0808. The van der Waals surface area contributed by atoms with Gasteiger partial charge in [-0.2, -0.15) is 0 Å². The summed E-state index contributed by atoms with van der Waals surface area (Å²) in [7, 11) is 0. The molecule has 1 aliphatic rings. The number of allylic oxidation sites excluding steroid dienone is 2. The van der Waals surface area contributed by atoms with E-state index in [4.69, 9.17) is 9.47 Å². The number of hydrogen-bond acceptors (Lipinski definition) is 4. The second-order valence-electron chi connectivity index (χ2n) is 9.21. The first kappa shape index (κ1) is 32.2. The molecule has 0 atom stereocenters. The van der Waals surface area contributed by atoms with Crippen LogP contribution in [0.4, 0.5) is 0 Å². The van der Waals surface area contributed by atoms with Crippen LogP contribution in [0.15, 0.2) is 37.5 Å². The first-order valence-corrected chi connectivity index (χ1v) is 13.9. The third kappa shape index (κ3) is 23.3. The molecule has 0 bridgehead atoms. The molecule has 0 aromatic carbocycles. The summed E-state index contributed by atoms with van der Waals surface area (Å²) >= 11 is 0. The summed E-state index contributed by atoms with van der Waals surface area (Å²) in [6.45, 7) is 9.53. The van der Waals surface area contributed by atoms with E-state index in [1.165, 1.54) is 108 Å². The molecule has 0 amide bonds. The first-order chi connectivity index (χ1) is 16.6. The molecule has 1 aliphatic carbocycles. The van der Waals surface area contributed by atoms with Crippen molar-refractivity contribution in [3.63, 3.8) is 0 Å². The summed E-state index contributed by atoms with van der Waals surface area (Å²) in [5, 5.41) is 0. The number of carbonyl (C=O) groups is 2. The number of rotatable bonds is 19. The molecule has 0 radical (unpaired) electrons. The molecule has 4 heteroatoms. The van der Waals surface area contributed by atoms with Gasteiger partial charge in [0, 0.05) is 12.2 Å². The van der Waals surface area contributed by atoms with E-state index in [1.807, 2.05) is 0 Å². The van der Waals surface area contributed by atoms with E-state index in [0.29, 0.717) is 6.61 Å². The molecular formula is C30H52O4. The monoisotopic (exact) mass is 476 g/mol. The largest absolute Gasteiger partial charge is 0.463 e. The van der Waals surface area contributed by atoms with Crippen molar-refractivity contribution in [2.45, 2.75) is 135 Å². The third-order valence-electron chi connectivity index (χ3n) is 6.07. The predicted octanol–water partition coefficient (Wildman–Crippen LogP) is 8.80. The lowest BCUT2D eigenvalue weighted by molar-refractivity contribution is -0.144. The van der Waals surface area contributed by atoms with Crippen LogP contribution in [0.5, 0.6) is 0 Å². The molecule has 0 aromatic heterocycles. The zero-order valence-electron chi connectivity index (χ0n) is 22.1. The molecule has 0 aromatic rings. The van der Waals surface area contributed by atoms with Gasteiger partial charge >= 0.3 is 11.9 Å². The molecule has 0 N–H and O–H groups in total. The Morgan fingerprint density at radius 3 is 1.74 bits per heavy atom. The van der Waals surface area contributed by atoms with Gasteiger partial charge in [-0.15, -0.1) is 0 Å². The lowest BCUT2D eigenvalue weighted by Crippen LogP contribution is -2.19. The Morgan fingerprint density at radius 2 is 1.21 bits per heavy atom. The Bertz CT molecular complexity index is 532. The van der Waals surface area contributed by atoms with E-state index in [0.717, 1.165) is 25.7 Å². The van der Waals surface area contributed by atoms with Gasteiger partial charge in [0.25, 0.3) is 0 Å². The molecule has 0 unspecified atom stereocenters. The second kappa shape index (κ2) is 25.8. The summed E-state index contributed by atoms with van der Waals surface area (Å²) in [5.74, 6) is -0.588. The second-order valence-corrected chi connectivity index (χ2v) is 9.21. The minimum Gasteiger partial charge on any atom is -0.463 e. The van der Waals surface area contributed by atoms with Crippen LogP contribution in [0.1, 0.15) is 129 Å². The molecule has 0 aliphatic heterocycles. The van der Waals surface area contributed by atoms with Crippen molar-refractivity contribution in [2.24, 2.45) is 0 Å². The highest BCUT2D eigenvalue weighted by molar-refractivity contribution is 5.81. The maximum absolute atomic E-state index is 10.8. The van der Waals surface area contributed by atoms with Crippen LogP contribution in [-0.2, 0) is 19.1 Å². The Morgan fingerprint density at radius 1 is 0.706 bits per heavy atom. The van der Waals surface area contributed by atoms with Crippen LogP contribution in [0, 0.1) is 0 Å². The van der Waals surface area contributed by atoms with Gasteiger partial charge in [-0.3, -0.25) is 0 Å². The minimum absolute atomic E-state index is 0.161.